The molecule has 0 unspecified atom stereocenters. The third-order valence-electron chi connectivity index (χ3n) is 6.57. The Morgan fingerprint density at radius 1 is 1.06 bits per heavy atom. The number of aryl methyl sites for hydroxylation is 1. The maximum absolute atomic E-state index is 13.2. The van der Waals surface area contributed by atoms with Gasteiger partial charge in [-0.25, -0.2) is 9.59 Å². The van der Waals surface area contributed by atoms with E-state index < -0.39 is 11.1 Å². The topological polar surface area (TPSA) is 70.7 Å². The van der Waals surface area contributed by atoms with Crippen LogP contribution < -0.4 is 10.6 Å². The number of urea groups is 1. The lowest BCUT2D eigenvalue weighted by molar-refractivity contribution is 0.00699. The average molecular weight is 504 g/mol. The summed E-state index contributed by atoms with van der Waals surface area (Å²) in [6, 6.07) is -0.292. The lowest BCUT2D eigenvalue weighted by Crippen LogP contribution is -2.44. The summed E-state index contributed by atoms with van der Waals surface area (Å²) < 4.78 is 5.70. The molecule has 0 atom stereocenters. The second-order valence-corrected chi connectivity index (χ2v) is 12.9. The number of carbonyl (C=O) groups excluding carboxylic acids is 2. The van der Waals surface area contributed by atoms with Crippen LogP contribution in [-0.2, 0) is 36.1 Å². The molecule has 0 aromatic carbocycles. The number of ether oxygens (including phenoxy) is 1. The van der Waals surface area contributed by atoms with Crippen LogP contribution in [0.15, 0.2) is 5.38 Å². The zero-order chi connectivity index (χ0) is 24.7. The van der Waals surface area contributed by atoms with E-state index in [1.807, 2.05) is 20.8 Å². The van der Waals surface area contributed by atoms with Crippen LogP contribution in [0, 0.1) is 0 Å². The standard InChI is InChI=1S/C26H37N3O3S2/c1-7-29-13-12-16-18(15-33-20(16)14-29)26(5,6)28-24(31)27-22-21(23(30)32-25(2,3)4)17-10-8-9-11-19(17)34-22/h15H,7-14H2,1-6H3,(H2,27,28,31). The molecule has 1 aliphatic carbocycles. The fourth-order valence-electron chi connectivity index (χ4n) is 4.86. The number of hydrogen-bond acceptors (Lipinski definition) is 6. The van der Waals surface area contributed by atoms with Gasteiger partial charge < -0.3 is 10.1 Å². The van der Waals surface area contributed by atoms with Gasteiger partial charge in [-0.15, -0.1) is 22.7 Å². The maximum atomic E-state index is 13.2. The quantitative estimate of drug-likeness (QED) is 0.485. The van der Waals surface area contributed by atoms with Gasteiger partial charge in [0.15, 0.2) is 0 Å². The minimum Gasteiger partial charge on any atom is -0.456 e. The van der Waals surface area contributed by atoms with Crippen molar-refractivity contribution in [2.45, 2.75) is 91.3 Å². The largest absolute Gasteiger partial charge is 0.456 e. The summed E-state index contributed by atoms with van der Waals surface area (Å²) in [5.74, 6) is -0.353. The maximum Gasteiger partial charge on any atom is 0.341 e. The van der Waals surface area contributed by atoms with E-state index in [4.69, 9.17) is 4.74 Å². The lowest BCUT2D eigenvalue weighted by Gasteiger charge is -2.31. The first-order valence-corrected chi connectivity index (χ1v) is 14.0. The van der Waals surface area contributed by atoms with Crippen LogP contribution in [0.2, 0.25) is 0 Å². The Morgan fingerprint density at radius 3 is 2.50 bits per heavy atom. The first-order valence-electron chi connectivity index (χ1n) is 12.3. The molecule has 2 aliphatic rings. The molecule has 0 spiro atoms. The fraction of sp³-hybridized carbons (Fsp3) is 0.615. The van der Waals surface area contributed by atoms with Gasteiger partial charge in [-0.2, -0.15) is 0 Å². The second-order valence-electron chi connectivity index (χ2n) is 10.8. The number of nitrogens with zero attached hydrogens (tertiary/aromatic N) is 1. The van der Waals surface area contributed by atoms with Gasteiger partial charge in [-0.1, -0.05) is 6.92 Å². The molecule has 2 aromatic heterocycles. The summed E-state index contributed by atoms with van der Waals surface area (Å²) in [6.07, 6.45) is 4.97. The molecule has 6 nitrogen and oxygen atoms in total. The highest BCUT2D eigenvalue weighted by Gasteiger charge is 2.33. The first kappa shape index (κ1) is 25.2. The van der Waals surface area contributed by atoms with Crippen LogP contribution in [0.3, 0.4) is 0 Å². The van der Waals surface area contributed by atoms with Crippen LogP contribution in [0.25, 0.3) is 0 Å². The summed E-state index contributed by atoms with van der Waals surface area (Å²) in [6.45, 7) is 15.0. The number of anilines is 1. The fourth-order valence-corrected chi connectivity index (χ4v) is 7.44. The number of fused-ring (bicyclic) bond motifs is 2. The number of likely N-dealkylation sites (N-methyl/N-ethyl adjacent to an activating group) is 1. The van der Waals surface area contributed by atoms with Crippen molar-refractivity contribution in [1.29, 1.82) is 0 Å². The Kier molecular flexibility index (Phi) is 7.14. The van der Waals surface area contributed by atoms with Crippen molar-refractivity contribution in [3.63, 3.8) is 0 Å². The molecule has 0 fully saturated rings. The SMILES string of the molecule is CCN1CCc2c(C(C)(C)NC(=O)Nc3sc4c(c3C(=O)OC(C)(C)C)CCCC4)csc2C1. The van der Waals surface area contributed by atoms with Crippen molar-refractivity contribution in [3.8, 4) is 0 Å². The zero-order valence-electron chi connectivity index (χ0n) is 21.2. The highest BCUT2D eigenvalue weighted by molar-refractivity contribution is 7.17. The first-order chi connectivity index (χ1) is 16.0. The molecule has 0 radical (unpaired) electrons. The third kappa shape index (κ3) is 5.34. The Hall–Kier alpha value is -1.90. The molecule has 34 heavy (non-hydrogen) atoms. The molecule has 0 saturated heterocycles. The van der Waals surface area contributed by atoms with Crippen LogP contribution in [0.1, 0.15) is 91.2 Å². The smallest absolute Gasteiger partial charge is 0.341 e. The summed E-state index contributed by atoms with van der Waals surface area (Å²) in [4.78, 5) is 31.3. The molecule has 0 bridgehead atoms. The number of thiophene rings is 2. The number of amides is 2. The zero-order valence-corrected chi connectivity index (χ0v) is 22.9. The molecule has 4 rings (SSSR count). The normalized spacial score (nSPS) is 16.5. The predicted molar refractivity (Wildman–Crippen MR) is 140 cm³/mol. The van der Waals surface area contributed by atoms with Crippen LogP contribution in [-0.4, -0.2) is 35.6 Å². The van der Waals surface area contributed by atoms with Crippen LogP contribution in [0.5, 0.6) is 0 Å². The van der Waals surface area contributed by atoms with Gasteiger partial charge in [0.05, 0.1) is 11.1 Å². The highest BCUT2D eigenvalue weighted by Crippen LogP contribution is 2.40. The van der Waals surface area contributed by atoms with Gasteiger partial charge >= 0.3 is 12.0 Å². The summed E-state index contributed by atoms with van der Waals surface area (Å²) in [5, 5.41) is 8.98. The number of rotatable bonds is 5. The van der Waals surface area contributed by atoms with Gasteiger partial charge in [0.25, 0.3) is 0 Å². The second kappa shape index (κ2) is 9.63. The molecule has 1 aliphatic heterocycles. The van der Waals surface area contributed by atoms with E-state index in [-0.39, 0.29) is 12.0 Å². The van der Waals surface area contributed by atoms with Gasteiger partial charge in [0.1, 0.15) is 10.6 Å². The number of carbonyl (C=O) groups is 2. The summed E-state index contributed by atoms with van der Waals surface area (Å²) >= 11 is 3.30. The van der Waals surface area contributed by atoms with Crippen molar-refractivity contribution in [2.75, 3.05) is 18.4 Å². The van der Waals surface area contributed by atoms with Crippen molar-refractivity contribution < 1.29 is 14.3 Å². The molecular weight excluding hydrogens is 466 g/mol. The van der Waals surface area contributed by atoms with Crippen molar-refractivity contribution >= 4 is 39.7 Å². The van der Waals surface area contributed by atoms with Crippen molar-refractivity contribution in [1.82, 2.24) is 10.2 Å². The van der Waals surface area contributed by atoms with Gasteiger partial charge in [-0.05, 0) is 95.3 Å². The van der Waals surface area contributed by atoms with E-state index in [9.17, 15) is 9.59 Å². The Balaban J connectivity index is 1.54. The Labute approximate surface area is 211 Å². The summed E-state index contributed by atoms with van der Waals surface area (Å²) in [7, 11) is 0. The van der Waals surface area contributed by atoms with Gasteiger partial charge in [0.2, 0.25) is 0 Å². The average Bonchev–Trinajstić information content (AvgIpc) is 3.32. The molecular formula is C26H37N3O3S2. The van der Waals surface area contributed by atoms with Crippen LogP contribution in [0.4, 0.5) is 9.80 Å². The monoisotopic (exact) mass is 503 g/mol. The van der Waals surface area contributed by atoms with E-state index >= 15 is 0 Å². The molecule has 186 valence electrons. The minimum atomic E-state index is -0.590. The number of esters is 1. The molecule has 2 N–H and O–H groups in total. The van der Waals surface area contributed by atoms with E-state index in [0.717, 1.165) is 57.3 Å². The molecule has 2 amide bonds. The lowest BCUT2D eigenvalue weighted by atomic mass is 9.90. The molecule has 0 saturated carbocycles. The van der Waals surface area contributed by atoms with Gasteiger partial charge in [0, 0.05) is 22.8 Å². The van der Waals surface area contributed by atoms with E-state index in [0.29, 0.717) is 10.6 Å². The van der Waals surface area contributed by atoms with Crippen molar-refractivity contribution in [3.05, 3.63) is 37.4 Å². The Morgan fingerprint density at radius 2 is 1.79 bits per heavy atom. The summed E-state index contributed by atoms with van der Waals surface area (Å²) in [5.41, 5.74) is 3.04. The van der Waals surface area contributed by atoms with E-state index in [1.165, 1.54) is 32.2 Å². The third-order valence-corrected chi connectivity index (χ3v) is 8.79. The predicted octanol–water partition coefficient (Wildman–Crippen LogP) is 6.08. The van der Waals surface area contributed by atoms with E-state index in [1.54, 1.807) is 11.3 Å². The van der Waals surface area contributed by atoms with E-state index in [2.05, 4.69) is 41.7 Å². The van der Waals surface area contributed by atoms with Crippen LogP contribution >= 0.6 is 22.7 Å². The molecule has 8 heteroatoms. The van der Waals surface area contributed by atoms with Crippen molar-refractivity contribution in [2.24, 2.45) is 0 Å². The number of nitrogens with one attached hydrogen (secondary N) is 2. The minimum absolute atomic E-state index is 0.292. The van der Waals surface area contributed by atoms with Gasteiger partial charge in [-0.3, -0.25) is 10.2 Å². The highest BCUT2D eigenvalue weighted by atomic mass is 32.1. The Bertz CT molecular complexity index is 1080. The number of hydrogen-bond donors (Lipinski definition) is 2. The molecule has 2 aromatic rings. The molecule has 3 heterocycles.